The summed E-state index contributed by atoms with van der Waals surface area (Å²) >= 11 is 7.66. The SMILES string of the molecule is C[C@@H](Oc1ccc(Cl)cc1)C(=O)N1CCC(c2nc3ccccc3s2)CC1. The zero-order valence-corrected chi connectivity index (χ0v) is 16.7. The van der Waals surface area contributed by atoms with Crippen molar-refractivity contribution >= 4 is 39.1 Å². The minimum absolute atomic E-state index is 0.0349. The molecule has 0 spiro atoms. The lowest BCUT2D eigenvalue weighted by molar-refractivity contribution is -0.139. The van der Waals surface area contributed by atoms with E-state index in [-0.39, 0.29) is 5.91 Å². The van der Waals surface area contributed by atoms with E-state index < -0.39 is 6.10 Å². The number of halogens is 1. The van der Waals surface area contributed by atoms with Gasteiger partial charge < -0.3 is 9.64 Å². The van der Waals surface area contributed by atoms with Crippen LogP contribution in [0.25, 0.3) is 10.2 Å². The fourth-order valence-electron chi connectivity index (χ4n) is 3.44. The van der Waals surface area contributed by atoms with Crippen molar-refractivity contribution in [2.45, 2.75) is 31.8 Å². The molecule has 3 aromatic rings. The molecule has 140 valence electrons. The molecule has 1 amide bonds. The first kappa shape index (κ1) is 18.3. The van der Waals surface area contributed by atoms with E-state index in [4.69, 9.17) is 21.3 Å². The van der Waals surface area contributed by atoms with Gasteiger partial charge in [0, 0.05) is 24.0 Å². The van der Waals surface area contributed by atoms with Gasteiger partial charge in [0.05, 0.1) is 15.2 Å². The Kier molecular flexibility index (Phi) is 5.32. The van der Waals surface area contributed by atoms with Gasteiger partial charge in [-0.2, -0.15) is 0 Å². The van der Waals surface area contributed by atoms with Gasteiger partial charge in [0.1, 0.15) is 5.75 Å². The Hall–Kier alpha value is -2.11. The quantitative estimate of drug-likeness (QED) is 0.610. The number of likely N-dealkylation sites (tertiary alicyclic amines) is 1. The topological polar surface area (TPSA) is 42.4 Å². The smallest absolute Gasteiger partial charge is 0.263 e. The van der Waals surface area contributed by atoms with Gasteiger partial charge in [0.2, 0.25) is 0 Å². The van der Waals surface area contributed by atoms with E-state index in [0.717, 1.165) is 31.4 Å². The number of hydrogen-bond donors (Lipinski definition) is 0. The molecule has 4 rings (SSSR count). The number of fused-ring (bicyclic) bond motifs is 1. The van der Waals surface area contributed by atoms with Crippen molar-refractivity contribution in [1.82, 2.24) is 9.88 Å². The Morgan fingerprint density at radius 2 is 1.89 bits per heavy atom. The minimum atomic E-state index is -0.509. The molecule has 0 unspecified atom stereocenters. The predicted octanol–water partition coefficient (Wildman–Crippen LogP) is 5.12. The van der Waals surface area contributed by atoms with Gasteiger partial charge in [0.15, 0.2) is 6.10 Å². The Bertz CT molecular complexity index is 900. The normalized spacial score (nSPS) is 16.4. The molecule has 1 aliphatic heterocycles. The number of carbonyl (C=O) groups is 1. The number of carbonyl (C=O) groups excluding carboxylic acids is 1. The summed E-state index contributed by atoms with van der Waals surface area (Å²) in [4.78, 5) is 19.4. The number of ether oxygens (including phenoxy) is 1. The second-order valence-electron chi connectivity index (χ2n) is 6.83. The molecular weight excluding hydrogens is 380 g/mol. The molecule has 0 aliphatic carbocycles. The van der Waals surface area contributed by atoms with Crippen molar-refractivity contribution < 1.29 is 9.53 Å². The van der Waals surface area contributed by atoms with Crippen LogP contribution in [0.1, 0.15) is 30.7 Å². The molecule has 1 aliphatic rings. The zero-order chi connectivity index (χ0) is 18.8. The monoisotopic (exact) mass is 400 g/mol. The number of hydrogen-bond acceptors (Lipinski definition) is 4. The minimum Gasteiger partial charge on any atom is -0.481 e. The van der Waals surface area contributed by atoms with Crippen LogP contribution in [0, 0.1) is 0 Å². The fourth-order valence-corrected chi connectivity index (χ4v) is 4.70. The van der Waals surface area contributed by atoms with Crippen molar-refractivity contribution in [2.75, 3.05) is 13.1 Å². The molecule has 1 aromatic heterocycles. The van der Waals surface area contributed by atoms with Crippen LogP contribution in [0.5, 0.6) is 5.75 Å². The van der Waals surface area contributed by atoms with Gasteiger partial charge in [-0.1, -0.05) is 23.7 Å². The summed E-state index contributed by atoms with van der Waals surface area (Å²) < 4.78 is 7.01. The van der Waals surface area contributed by atoms with Gasteiger partial charge in [-0.25, -0.2) is 4.98 Å². The highest BCUT2D eigenvalue weighted by molar-refractivity contribution is 7.18. The molecule has 0 saturated carbocycles. The van der Waals surface area contributed by atoms with E-state index in [2.05, 4.69) is 12.1 Å². The lowest BCUT2D eigenvalue weighted by Crippen LogP contribution is -2.44. The van der Waals surface area contributed by atoms with Crippen LogP contribution in [0.2, 0.25) is 5.02 Å². The van der Waals surface area contributed by atoms with E-state index in [0.29, 0.717) is 16.7 Å². The van der Waals surface area contributed by atoms with E-state index in [1.807, 2.05) is 17.0 Å². The summed E-state index contributed by atoms with van der Waals surface area (Å²) in [5.41, 5.74) is 1.07. The first-order chi connectivity index (χ1) is 13.1. The number of benzene rings is 2. The van der Waals surface area contributed by atoms with E-state index in [1.165, 1.54) is 9.71 Å². The second kappa shape index (κ2) is 7.87. The van der Waals surface area contributed by atoms with Crippen molar-refractivity contribution in [2.24, 2.45) is 0 Å². The van der Waals surface area contributed by atoms with Crippen LogP contribution in [-0.2, 0) is 4.79 Å². The van der Waals surface area contributed by atoms with Crippen molar-refractivity contribution in [3.05, 3.63) is 58.6 Å². The maximum absolute atomic E-state index is 12.7. The summed E-state index contributed by atoms with van der Waals surface area (Å²) in [5, 5.41) is 1.84. The molecule has 1 saturated heterocycles. The van der Waals surface area contributed by atoms with Gasteiger partial charge in [0.25, 0.3) is 5.91 Å². The summed E-state index contributed by atoms with van der Waals surface area (Å²) in [6.45, 7) is 3.29. The Labute approximate surface area is 167 Å². The van der Waals surface area contributed by atoms with Crippen LogP contribution < -0.4 is 4.74 Å². The summed E-state index contributed by atoms with van der Waals surface area (Å²) in [6.07, 6.45) is 1.38. The molecule has 0 bridgehead atoms. The number of rotatable bonds is 4. The average Bonchev–Trinajstić information content (AvgIpc) is 3.13. The van der Waals surface area contributed by atoms with Crippen molar-refractivity contribution in [1.29, 1.82) is 0 Å². The standard InChI is InChI=1S/C21H21ClN2O2S/c1-14(26-17-8-6-16(22)7-9-17)21(25)24-12-10-15(11-13-24)20-23-18-4-2-3-5-19(18)27-20/h2-9,14-15H,10-13H2,1H3/t14-/m1/s1. The number of nitrogens with zero attached hydrogens (tertiary/aromatic N) is 2. The Morgan fingerprint density at radius 1 is 1.19 bits per heavy atom. The predicted molar refractivity (Wildman–Crippen MR) is 110 cm³/mol. The highest BCUT2D eigenvalue weighted by Crippen LogP contribution is 2.34. The first-order valence-electron chi connectivity index (χ1n) is 9.16. The number of para-hydroxylation sites is 1. The Balaban J connectivity index is 1.35. The first-order valence-corrected chi connectivity index (χ1v) is 10.4. The summed E-state index contributed by atoms with van der Waals surface area (Å²) in [7, 11) is 0. The molecule has 2 aromatic carbocycles. The van der Waals surface area contributed by atoms with Crippen molar-refractivity contribution in [3.63, 3.8) is 0 Å². The van der Waals surface area contributed by atoms with E-state index in [9.17, 15) is 4.79 Å². The largest absolute Gasteiger partial charge is 0.481 e. The van der Waals surface area contributed by atoms with Gasteiger partial charge in [-0.15, -0.1) is 11.3 Å². The molecular formula is C21H21ClN2O2S. The molecule has 6 heteroatoms. The molecule has 0 radical (unpaired) electrons. The second-order valence-corrected chi connectivity index (χ2v) is 8.33. The fraction of sp³-hybridized carbons (Fsp3) is 0.333. The maximum atomic E-state index is 12.7. The number of aromatic nitrogens is 1. The summed E-state index contributed by atoms with van der Waals surface area (Å²) in [5.74, 6) is 1.12. The van der Waals surface area contributed by atoms with E-state index in [1.54, 1.807) is 42.5 Å². The van der Waals surface area contributed by atoms with Crippen LogP contribution in [0.4, 0.5) is 0 Å². The van der Waals surface area contributed by atoms with Gasteiger partial charge in [-0.3, -0.25) is 4.79 Å². The zero-order valence-electron chi connectivity index (χ0n) is 15.1. The lowest BCUT2D eigenvalue weighted by atomic mass is 9.97. The molecule has 1 fully saturated rings. The average molecular weight is 401 g/mol. The van der Waals surface area contributed by atoms with Crippen LogP contribution in [0.3, 0.4) is 0 Å². The molecule has 27 heavy (non-hydrogen) atoms. The van der Waals surface area contributed by atoms with Gasteiger partial charge >= 0.3 is 0 Å². The third-order valence-corrected chi connectivity index (χ3v) is 6.39. The number of thiazole rings is 1. The third kappa shape index (κ3) is 4.09. The van der Waals surface area contributed by atoms with Crippen molar-refractivity contribution in [3.8, 4) is 5.75 Å². The molecule has 4 nitrogen and oxygen atoms in total. The molecule has 2 heterocycles. The van der Waals surface area contributed by atoms with Crippen LogP contribution in [-0.4, -0.2) is 35.0 Å². The highest BCUT2D eigenvalue weighted by atomic mass is 35.5. The molecule has 0 N–H and O–H groups in total. The highest BCUT2D eigenvalue weighted by Gasteiger charge is 2.29. The third-order valence-electron chi connectivity index (χ3n) is 4.94. The van der Waals surface area contributed by atoms with Crippen LogP contribution in [0.15, 0.2) is 48.5 Å². The lowest BCUT2D eigenvalue weighted by Gasteiger charge is -2.32. The van der Waals surface area contributed by atoms with Gasteiger partial charge in [-0.05, 0) is 56.2 Å². The number of piperidine rings is 1. The van der Waals surface area contributed by atoms with E-state index >= 15 is 0 Å². The summed E-state index contributed by atoms with van der Waals surface area (Å²) in [6, 6.07) is 15.3. The molecule has 1 atom stereocenters. The number of amides is 1. The Morgan fingerprint density at radius 3 is 2.59 bits per heavy atom. The maximum Gasteiger partial charge on any atom is 0.263 e. The van der Waals surface area contributed by atoms with Crippen LogP contribution >= 0.6 is 22.9 Å².